The van der Waals surface area contributed by atoms with Gasteiger partial charge in [0, 0.05) is 82.1 Å². The lowest BCUT2D eigenvalue weighted by Crippen LogP contribution is -2.67. The number of carbonyl (C=O) groups is 3. The number of imide groups is 2. The lowest BCUT2D eigenvalue weighted by atomic mass is 9.75. The number of benzene rings is 1. The van der Waals surface area contributed by atoms with Gasteiger partial charge in [-0.05, 0) is 36.5 Å². The van der Waals surface area contributed by atoms with E-state index in [9.17, 15) is 19.2 Å². The van der Waals surface area contributed by atoms with Gasteiger partial charge in [-0.25, -0.2) is 4.79 Å². The van der Waals surface area contributed by atoms with Gasteiger partial charge in [0.25, 0.3) is 5.56 Å². The van der Waals surface area contributed by atoms with Gasteiger partial charge in [0.1, 0.15) is 5.41 Å². The number of hydrogen-bond acceptors (Lipinski definition) is 5. The molecule has 3 aliphatic heterocycles. The van der Waals surface area contributed by atoms with E-state index >= 15 is 0 Å². The Labute approximate surface area is 214 Å². The number of fused-ring (bicyclic) bond motifs is 5. The highest BCUT2D eigenvalue weighted by molar-refractivity contribution is 6.19. The first kappa shape index (κ1) is 23.7. The Morgan fingerprint density at radius 2 is 1.59 bits per heavy atom. The highest BCUT2D eigenvalue weighted by Gasteiger charge is 2.57. The second kappa shape index (κ2) is 8.41. The fourth-order valence-electron chi connectivity index (χ4n) is 6.87. The van der Waals surface area contributed by atoms with Crippen molar-refractivity contribution in [1.82, 2.24) is 23.8 Å². The van der Waals surface area contributed by atoms with Crippen LogP contribution in [-0.4, -0.2) is 75.4 Å². The summed E-state index contributed by atoms with van der Waals surface area (Å²) < 4.78 is 3.88. The molecule has 37 heavy (non-hydrogen) atoms. The zero-order chi connectivity index (χ0) is 26.1. The number of aromatic nitrogens is 2. The third-order valence-corrected chi connectivity index (χ3v) is 8.52. The lowest BCUT2D eigenvalue weighted by molar-refractivity contribution is -0.159. The summed E-state index contributed by atoms with van der Waals surface area (Å²) in [5.41, 5.74) is 1.54. The monoisotopic (exact) mass is 501 g/mol. The summed E-state index contributed by atoms with van der Waals surface area (Å²) in [6, 6.07) is 12.8. The topological polar surface area (TPSA) is 87.9 Å². The fourth-order valence-corrected chi connectivity index (χ4v) is 6.87. The third-order valence-electron chi connectivity index (χ3n) is 8.52. The number of amides is 4. The van der Waals surface area contributed by atoms with Gasteiger partial charge in [-0.15, -0.1) is 0 Å². The molecular weight excluding hydrogens is 470 g/mol. The number of likely N-dealkylation sites (tertiary alicyclic amines) is 1. The van der Waals surface area contributed by atoms with E-state index in [1.54, 1.807) is 12.1 Å². The average Bonchev–Trinajstić information content (AvgIpc) is 3.21. The van der Waals surface area contributed by atoms with E-state index in [4.69, 9.17) is 0 Å². The summed E-state index contributed by atoms with van der Waals surface area (Å²) >= 11 is 0. The number of rotatable bonds is 4. The van der Waals surface area contributed by atoms with Crippen LogP contribution in [0.3, 0.4) is 0 Å². The first-order valence-corrected chi connectivity index (χ1v) is 12.7. The quantitative estimate of drug-likeness (QED) is 0.511. The van der Waals surface area contributed by atoms with Crippen LogP contribution >= 0.6 is 0 Å². The molecule has 4 amide bonds. The molecule has 2 saturated heterocycles. The Balaban J connectivity index is 1.40. The molecule has 3 aliphatic rings. The number of hydrogen-bond donors (Lipinski definition) is 0. The van der Waals surface area contributed by atoms with Crippen molar-refractivity contribution in [3.05, 3.63) is 70.3 Å². The lowest BCUT2D eigenvalue weighted by Gasteiger charge is -2.48. The SMILES string of the molecule is CN1C(=O)N(C)C(=O)C(Cc2cn(C)c3ccccc23)(CN2C[C@@H]3C[C@H](C2)c2cccc(=O)n2C3)C1=O. The van der Waals surface area contributed by atoms with Crippen LogP contribution in [-0.2, 0) is 29.6 Å². The second-order valence-corrected chi connectivity index (χ2v) is 10.9. The van der Waals surface area contributed by atoms with Crippen LogP contribution in [0.2, 0.25) is 0 Å². The first-order valence-electron chi connectivity index (χ1n) is 12.7. The molecule has 0 aliphatic carbocycles. The van der Waals surface area contributed by atoms with Crippen molar-refractivity contribution < 1.29 is 14.4 Å². The average molecular weight is 502 g/mol. The van der Waals surface area contributed by atoms with Crippen LogP contribution in [0.1, 0.15) is 23.6 Å². The number of carbonyl (C=O) groups excluding carboxylic acids is 3. The van der Waals surface area contributed by atoms with Crippen molar-refractivity contribution in [2.24, 2.45) is 18.4 Å². The van der Waals surface area contributed by atoms with Gasteiger partial charge in [-0.2, -0.15) is 0 Å². The van der Waals surface area contributed by atoms with E-state index in [1.807, 2.05) is 52.7 Å². The molecule has 2 bridgehead atoms. The predicted molar refractivity (Wildman–Crippen MR) is 138 cm³/mol. The summed E-state index contributed by atoms with van der Waals surface area (Å²) in [7, 11) is 4.87. The van der Waals surface area contributed by atoms with Crippen molar-refractivity contribution in [2.75, 3.05) is 33.7 Å². The van der Waals surface area contributed by atoms with E-state index in [1.165, 1.54) is 14.1 Å². The van der Waals surface area contributed by atoms with Gasteiger partial charge in [-0.3, -0.25) is 24.2 Å². The highest BCUT2D eigenvalue weighted by atomic mass is 16.2. The molecule has 1 aromatic carbocycles. The molecule has 0 unspecified atom stereocenters. The number of pyridine rings is 1. The van der Waals surface area contributed by atoms with E-state index in [0.29, 0.717) is 19.6 Å². The van der Waals surface area contributed by atoms with Gasteiger partial charge >= 0.3 is 6.03 Å². The summed E-state index contributed by atoms with van der Waals surface area (Å²) in [4.78, 5) is 57.3. The molecule has 2 fully saturated rings. The van der Waals surface area contributed by atoms with E-state index in [2.05, 4.69) is 4.90 Å². The smallest absolute Gasteiger partial charge is 0.332 e. The van der Waals surface area contributed by atoms with Crippen molar-refractivity contribution in [3.63, 3.8) is 0 Å². The largest absolute Gasteiger partial charge is 0.350 e. The van der Waals surface area contributed by atoms with Crippen molar-refractivity contribution in [2.45, 2.75) is 25.3 Å². The zero-order valence-electron chi connectivity index (χ0n) is 21.4. The zero-order valence-corrected chi connectivity index (χ0v) is 21.4. The van der Waals surface area contributed by atoms with Crippen molar-refractivity contribution in [1.29, 1.82) is 0 Å². The van der Waals surface area contributed by atoms with Crippen molar-refractivity contribution in [3.8, 4) is 0 Å². The molecule has 9 heteroatoms. The molecule has 2 aromatic heterocycles. The summed E-state index contributed by atoms with van der Waals surface area (Å²) in [5, 5.41) is 0.996. The maximum absolute atomic E-state index is 13.9. The number of para-hydroxylation sites is 1. The molecule has 9 nitrogen and oxygen atoms in total. The number of barbiturate groups is 1. The van der Waals surface area contributed by atoms with Crippen molar-refractivity contribution >= 4 is 28.7 Å². The standard InChI is InChI=1S/C28H31N5O4/c1-29-15-20(21-7-4-5-8-23(21)29)12-28(25(35)30(2)27(37)31(3)26(28)36)17-32-13-18-11-19(16-32)22-9-6-10-24(34)33(22)14-18/h4-10,15,18-19H,11-14,16-17H2,1-3H3/t18-,19+/m0/s1. The third kappa shape index (κ3) is 3.55. The molecule has 0 radical (unpaired) electrons. The predicted octanol–water partition coefficient (Wildman–Crippen LogP) is 2.04. The van der Waals surface area contributed by atoms with Gasteiger partial charge < -0.3 is 14.0 Å². The van der Waals surface area contributed by atoms with Crippen LogP contribution in [0.4, 0.5) is 4.79 Å². The van der Waals surface area contributed by atoms with Crippen LogP contribution < -0.4 is 5.56 Å². The van der Waals surface area contributed by atoms with Crippen LogP contribution in [0.5, 0.6) is 0 Å². The molecule has 6 rings (SSSR count). The minimum Gasteiger partial charge on any atom is -0.350 e. The van der Waals surface area contributed by atoms with Gasteiger partial charge in [0.05, 0.1) is 0 Å². The number of piperidine rings is 1. The summed E-state index contributed by atoms with van der Waals surface area (Å²) in [5.74, 6) is -0.504. The number of aryl methyl sites for hydroxylation is 1. The second-order valence-electron chi connectivity index (χ2n) is 10.9. The minimum absolute atomic E-state index is 0.0208. The van der Waals surface area contributed by atoms with Crippen LogP contribution in [0, 0.1) is 11.3 Å². The van der Waals surface area contributed by atoms with Crippen LogP contribution in [0.25, 0.3) is 10.9 Å². The summed E-state index contributed by atoms with van der Waals surface area (Å²) in [6.07, 6.45) is 3.17. The van der Waals surface area contributed by atoms with Crippen LogP contribution in [0.15, 0.2) is 53.5 Å². The molecule has 192 valence electrons. The molecule has 0 saturated carbocycles. The van der Waals surface area contributed by atoms with E-state index in [-0.39, 0.29) is 30.4 Å². The molecular formula is C28H31N5O4. The van der Waals surface area contributed by atoms with E-state index in [0.717, 1.165) is 38.4 Å². The van der Waals surface area contributed by atoms with E-state index < -0.39 is 23.3 Å². The highest BCUT2D eigenvalue weighted by Crippen LogP contribution is 2.40. The Morgan fingerprint density at radius 1 is 0.865 bits per heavy atom. The van der Waals surface area contributed by atoms with Gasteiger partial charge in [0.2, 0.25) is 11.8 Å². The Morgan fingerprint density at radius 3 is 2.35 bits per heavy atom. The minimum atomic E-state index is -1.43. The maximum atomic E-state index is 13.9. The molecule has 0 spiro atoms. The Bertz CT molecular complexity index is 1480. The summed E-state index contributed by atoms with van der Waals surface area (Å²) in [6.45, 7) is 2.20. The normalized spacial score (nSPS) is 23.6. The molecule has 2 atom stereocenters. The Hall–Kier alpha value is -3.72. The molecule has 5 heterocycles. The maximum Gasteiger partial charge on any atom is 0.332 e. The van der Waals surface area contributed by atoms with Gasteiger partial charge in [0.15, 0.2) is 0 Å². The Kier molecular flexibility index (Phi) is 5.38. The number of urea groups is 1. The van der Waals surface area contributed by atoms with Gasteiger partial charge in [-0.1, -0.05) is 24.3 Å². The molecule has 0 N–H and O–H groups in total. The molecule has 3 aromatic rings. The fraction of sp³-hybridized carbons (Fsp3) is 0.429. The first-order chi connectivity index (χ1) is 17.7. The number of nitrogens with zero attached hydrogens (tertiary/aromatic N) is 5.